The Hall–Kier alpha value is -1.00. The van der Waals surface area contributed by atoms with Gasteiger partial charge in [0.25, 0.3) is 0 Å². The molecule has 2 rings (SSSR count). The Morgan fingerprint density at radius 3 is 2.50 bits per heavy atom. The summed E-state index contributed by atoms with van der Waals surface area (Å²) in [6.45, 7) is 0. The molecule has 0 aromatic heterocycles. The molecule has 0 radical (unpaired) electrons. The highest BCUT2D eigenvalue weighted by molar-refractivity contribution is 5.25. The smallest absolute Gasteiger partial charge is 0.163 e. The van der Waals surface area contributed by atoms with Crippen LogP contribution in [0.25, 0.3) is 0 Å². The third-order valence-corrected chi connectivity index (χ3v) is 3.99. The van der Waals surface area contributed by atoms with E-state index in [-0.39, 0.29) is 5.56 Å². The highest BCUT2D eigenvalue weighted by atomic mass is 19.2. The van der Waals surface area contributed by atoms with Crippen LogP contribution < -0.4 is 5.73 Å². The molecule has 4 heteroatoms. The van der Waals surface area contributed by atoms with Gasteiger partial charge < -0.3 is 10.5 Å². The van der Waals surface area contributed by atoms with Gasteiger partial charge in [-0.3, -0.25) is 0 Å². The number of rotatable bonds is 3. The lowest BCUT2D eigenvalue weighted by Crippen LogP contribution is -2.45. The monoisotopic (exact) mass is 255 g/mol. The van der Waals surface area contributed by atoms with Crippen LogP contribution >= 0.6 is 0 Å². The lowest BCUT2D eigenvalue weighted by atomic mass is 9.77. The molecule has 0 spiro atoms. The van der Waals surface area contributed by atoms with Gasteiger partial charge in [-0.05, 0) is 18.9 Å². The summed E-state index contributed by atoms with van der Waals surface area (Å²) < 4.78 is 32.6. The minimum absolute atomic E-state index is 0.207. The maximum absolute atomic E-state index is 13.8. The zero-order valence-electron chi connectivity index (χ0n) is 10.6. The number of hydrogen-bond acceptors (Lipinski definition) is 2. The van der Waals surface area contributed by atoms with Crippen molar-refractivity contribution < 1.29 is 13.5 Å². The molecule has 2 nitrogen and oxygen atoms in total. The van der Waals surface area contributed by atoms with Crippen LogP contribution in [0.2, 0.25) is 0 Å². The first-order chi connectivity index (χ1) is 8.60. The molecular weight excluding hydrogens is 236 g/mol. The van der Waals surface area contributed by atoms with Crippen LogP contribution in [-0.4, -0.2) is 12.7 Å². The minimum Gasteiger partial charge on any atom is -0.376 e. The van der Waals surface area contributed by atoms with Gasteiger partial charge in [0.1, 0.15) is 0 Å². The van der Waals surface area contributed by atoms with Crippen molar-refractivity contribution in [3.8, 4) is 0 Å². The number of nitrogens with two attached hydrogens (primary N) is 1. The molecule has 1 aromatic rings. The van der Waals surface area contributed by atoms with E-state index in [0.717, 1.165) is 38.2 Å². The summed E-state index contributed by atoms with van der Waals surface area (Å²) in [5.41, 5.74) is 5.80. The third kappa shape index (κ3) is 2.27. The fourth-order valence-corrected chi connectivity index (χ4v) is 2.84. The van der Waals surface area contributed by atoms with Crippen molar-refractivity contribution in [3.05, 3.63) is 35.4 Å². The summed E-state index contributed by atoms with van der Waals surface area (Å²) in [4.78, 5) is 0. The van der Waals surface area contributed by atoms with Crippen LogP contribution in [0.15, 0.2) is 18.2 Å². The van der Waals surface area contributed by atoms with Crippen molar-refractivity contribution >= 4 is 0 Å². The molecule has 1 unspecified atom stereocenters. The lowest BCUT2D eigenvalue weighted by molar-refractivity contribution is -0.0603. The first-order valence-corrected chi connectivity index (χ1v) is 6.35. The number of halogens is 2. The van der Waals surface area contributed by atoms with Crippen LogP contribution in [-0.2, 0) is 4.74 Å². The van der Waals surface area contributed by atoms with Crippen molar-refractivity contribution in [1.82, 2.24) is 0 Å². The molecule has 1 aliphatic rings. The Kier molecular flexibility index (Phi) is 3.97. The van der Waals surface area contributed by atoms with E-state index in [1.807, 2.05) is 0 Å². The molecular formula is C14H19F2NO. The largest absolute Gasteiger partial charge is 0.376 e. The van der Waals surface area contributed by atoms with Gasteiger partial charge in [-0.1, -0.05) is 31.4 Å². The number of benzene rings is 1. The molecule has 0 bridgehead atoms. The summed E-state index contributed by atoms with van der Waals surface area (Å²) in [5.74, 6) is -1.71. The first-order valence-electron chi connectivity index (χ1n) is 6.35. The quantitative estimate of drug-likeness (QED) is 0.899. The van der Waals surface area contributed by atoms with Gasteiger partial charge in [-0.15, -0.1) is 0 Å². The lowest BCUT2D eigenvalue weighted by Gasteiger charge is -2.41. The van der Waals surface area contributed by atoms with Crippen molar-refractivity contribution in [2.45, 2.75) is 43.7 Å². The molecule has 100 valence electrons. The fraction of sp³-hybridized carbons (Fsp3) is 0.571. The van der Waals surface area contributed by atoms with Crippen molar-refractivity contribution in [2.75, 3.05) is 7.11 Å². The molecule has 0 amide bonds. The molecule has 0 aliphatic heterocycles. The normalized spacial score (nSPS) is 20.7. The van der Waals surface area contributed by atoms with Crippen molar-refractivity contribution in [1.29, 1.82) is 0 Å². The standard InChI is InChI=1S/C14H19F2NO/c1-18-14(8-3-2-4-9-14)13(17)10-6-5-7-11(15)12(10)16/h5-7,13H,2-4,8-9,17H2,1H3. The first kappa shape index (κ1) is 13.4. The van der Waals surface area contributed by atoms with E-state index in [2.05, 4.69) is 0 Å². The van der Waals surface area contributed by atoms with Crippen LogP contribution in [0, 0.1) is 11.6 Å². The molecule has 0 heterocycles. The van der Waals surface area contributed by atoms with E-state index in [9.17, 15) is 8.78 Å². The molecule has 1 fully saturated rings. The van der Waals surface area contributed by atoms with E-state index in [4.69, 9.17) is 10.5 Å². The van der Waals surface area contributed by atoms with E-state index in [1.54, 1.807) is 13.2 Å². The number of ether oxygens (including phenoxy) is 1. The zero-order valence-corrected chi connectivity index (χ0v) is 10.6. The van der Waals surface area contributed by atoms with E-state index < -0.39 is 23.3 Å². The fourth-order valence-electron chi connectivity index (χ4n) is 2.84. The van der Waals surface area contributed by atoms with Gasteiger partial charge in [0, 0.05) is 12.7 Å². The molecule has 18 heavy (non-hydrogen) atoms. The Morgan fingerprint density at radius 2 is 1.89 bits per heavy atom. The number of hydrogen-bond donors (Lipinski definition) is 1. The van der Waals surface area contributed by atoms with Gasteiger partial charge in [-0.25, -0.2) is 8.78 Å². The van der Waals surface area contributed by atoms with Gasteiger partial charge in [0.15, 0.2) is 11.6 Å². The Bertz CT molecular complexity index is 416. The Morgan fingerprint density at radius 1 is 1.22 bits per heavy atom. The van der Waals surface area contributed by atoms with Crippen molar-refractivity contribution in [3.63, 3.8) is 0 Å². The van der Waals surface area contributed by atoms with Crippen molar-refractivity contribution in [2.24, 2.45) is 5.73 Å². The van der Waals surface area contributed by atoms with E-state index >= 15 is 0 Å². The predicted octanol–water partition coefficient (Wildman–Crippen LogP) is 3.31. The molecule has 0 saturated heterocycles. The summed E-state index contributed by atoms with van der Waals surface area (Å²) in [7, 11) is 1.60. The third-order valence-electron chi connectivity index (χ3n) is 3.99. The highest BCUT2D eigenvalue weighted by Gasteiger charge is 2.40. The summed E-state index contributed by atoms with van der Waals surface area (Å²) in [6.07, 6.45) is 4.75. The van der Waals surface area contributed by atoms with Crippen LogP contribution in [0.5, 0.6) is 0 Å². The molecule has 1 saturated carbocycles. The molecule has 2 N–H and O–H groups in total. The Balaban J connectivity index is 2.33. The molecule has 1 aliphatic carbocycles. The molecule has 1 aromatic carbocycles. The van der Waals surface area contributed by atoms with Gasteiger partial charge in [-0.2, -0.15) is 0 Å². The predicted molar refractivity (Wildman–Crippen MR) is 66.1 cm³/mol. The second kappa shape index (κ2) is 5.33. The second-order valence-corrected chi connectivity index (χ2v) is 4.95. The summed E-state index contributed by atoms with van der Waals surface area (Å²) in [6, 6.07) is 3.50. The van der Waals surface area contributed by atoms with E-state index in [0.29, 0.717) is 0 Å². The average molecular weight is 255 g/mol. The highest BCUT2D eigenvalue weighted by Crippen LogP contribution is 2.40. The Labute approximate surface area is 106 Å². The zero-order chi connectivity index (χ0) is 13.2. The number of methoxy groups -OCH3 is 1. The summed E-state index contributed by atoms with van der Waals surface area (Å²) >= 11 is 0. The maximum Gasteiger partial charge on any atom is 0.163 e. The molecule has 1 atom stereocenters. The van der Waals surface area contributed by atoms with Gasteiger partial charge in [0.05, 0.1) is 11.6 Å². The second-order valence-electron chi connectivity index (χ2n) is 4.95. The van der Waals surface area contributed by atoms with Gasteiger partial charge in [0.2, 0.25) is 0 Å². The summed E-state index contributed by atoms with van der Waals surface area (Å²) in [5, 5.41) is 0. The maximum atomic E-state index is 13.8. The van der Waals surface area contributed by atoms with Crippen LogP contribution in [0.1, 0.15) is 43.7 Å². The van der Waals surface area contributed by atoms with Gasteiger partial charge >= 0.3 is 0 Å². The van der Waals surface area contributed by atoms with E-state index in [1.165, 1.54) is 6.07 Å². The SMILES string of the molecule is COC1(C(N)c2cccc(F)c2F)CCCCC1. The van der Waals surface area contributed by atoms with Crippen LogP contribution in [0.3, 0.4) is 0 Å². The average Bonchev–Trinajstić information content (AvgIpc) is 2.42. The topological polar surface area (TPSA) is 35.2 Å². The van der Waals surface area contributed by atoms with Crippen LogP contribution in [0.4, 0.5) is 8.78 Å². The minimum atomic E-state index is -0.856.